The summed E-state index contributed by atoms with van der Waals surface area (Å²) in [5.41, 5.74) is 2.60. The highest BCUT2D eigenvalue weighted by molar-refractivity contribution is 5.94. The number of ether oxygens (including phenoxy) is 1. The van der Waals surface area contributed by atoms with Gasteiger partial charge in [-0.3, -0.25) is 4.79 Å². The van der Waals surface area contributed by atoms with E-state index in [0.717, 1.165) is 11.1 Å². The molecule has 1 saturated heterocycles. The van der Waals surface area contributed by atoms with E-state index < -0.39 is 6.10 Å². The Morgan fingerprint density at radius 2 is 1.95 bits per heavy atom. The quantitative estimate of drug-likeness (QED) is 0.941. The van der Waals surface area contributed by atoms with Crippen LogP contribution in [0.5, 0.6) is 5.88 Å². The van der Waals surface area contributed by atoms with Crippen LogP contribution in [0.15, 0.2) is 42.6 Å². The number of hydrogen-bond donors (Lipinski definition) is 1. The summed E-state index contributed by atoms with van der Waals surface area (Å²) in [6.45, 7) is 1.03. The maximum Gasteiger partial charge on any atom is 0.253 e. The van der Waals surface area contributed by atoms with Crippen molar-refractivity contribution in [2.24, 2.45) is 0 Å². The number of benzene rings is 1. The summed E-state index contributed by atoms with van der Waals surface area (Å²) < 4.78 is 5.04. The van der Waals surface area contributed by atoms with E-state index in [1.807, 2.05) is 30.3 Å². The number of aromatic nitrogens is 1. The molecule has 1 amide bonds. The van der Waals surface area contributed by atoms with Crippen LogP contribution in [0.2, 0.25) is 0 Å². The molecule has 2 heterocycles. The molecule has 114 valence electrons. The SMILES string of the molecule is COc1ccc(-c2ccc(C(=O)N3CCC(O)C3)cc2)cn1. The van der Waals surface area contributed by atoms with E-state index in [4.69, 9.17) is 4.74 Å². The molecule has 5 heteroatoms. The summed E-state index contributed by atoms with van der Waals surface area (Å²) in [4.78, 5) is 18.2. The van der Waals surface area contributed by atoms with Gasteiger partial charge in [-0.1, -0.05) is 12.1 Å². The third-order valence-corrected chi connectivity index (χ3v) is 3.86. The van der Waals surface area contributed by atoms with Crippen LogP contribution in [-0.2, 0) is 0 Å². The fourth-order valence-electron chi connectivity index (χ4n) is 2.59. The van der Waals surface area contributed by atoms with Gasteiger partial charge in [0.1, 0.15) is 0 Å². The largest absolute Gasteiger partial charge is 0.481 e. The lowest BCUT2D eigenvalue weighted by Gasteiger charge is -2.15. The first-order chi connectivity index (χ1) is 10.7. The molecule has 0 radical (unpaired) electrons. The summed E-state index contributed by atoms with van der Waals surface area (Å²) in [7, 11) is 1.58. The number of amides is 1. The average molecular weight is 298 g/mol. The van der Waals surface area contributed by atoms with Gasteiger partial charge in [-0.05, 0) is 30.2 Å². The van der Waals surface area contributed by atoms with Crippen LogP contribution >= 0.6 is 0 Å². The molecule has 1 N–H and O–H groups in total. The highest BCUT2D eigenvalue weighted by Gasteiger charge is 2.25. The monoisotopic (exact) mass is 298 g/mol. The van der Waals surface area contributed by atoms with Crippen LogP contribution in [0, 0.1) is 0 Å². The Kier molecular flexibility index (Phi) is 4.06. The summed E-state index contributed by atoms with van der Waals surface area (Å²) in [6.07, 6.45) is 2.00. The lowest BCUT2D eigenvalue weighted by atomic mass is 10.1. The number of likely N-dealkylation sites (tertiary alicyclic amines) is 1. The molecule has 1 aliphatic heterocycles. The zero-order valence-electron chi connectivity index (χ0n) is 12.4. The predicted octanol–water partition coefficient (Wildman–Crippen LogP) is 1.96. The minimum Gasteiger partial charge on any atom is -0.481 e. The fraction of sp³-hybridized carbons (Fsp3) is 0.294. The smallest absolute Gasteiger partial charge is 0.253 e. The van der Waals surface area contributed by atoms with Gasteiger partial charge in [0, 0.05) is 36.5 Å². The molecule has 2 aromatic rings. The summed E-state index contributed by atoms with van der Waals surface area (Å²) >= 11 is 0. The van der Waals surface area contributed by atoms with Gasteiger partial charge in [-0.25, -0.2) is 4.98 Å². The molecule has 1 aromatic heterocycles. The number of aliphatic hydroxyl groups is 1. The third-order valence-electron chi connectivity index (χ3n) is 3.86. The number of aliphatic hydroxyl groups excluding tert-OH is 1. The van der Waals surface area contributed by atoms with Crippen molar-refractivity contribution in [2.45, 2.75) is 12.5 Å². The van der Waals surface area contributed by atoms with Crippen molar-refractivity contribution in [1.29, 1.82) is 0 Å². The Morgan fingerprint density at radius 3 is 2.50 bits per heavy atom. The van der Waals surface area contributed by atoms with E-state index in [2.05, 4.69) is 4.98 Å². The van der Waals surface area contributed by atoms with Gasteiger partial charge in [0.25, 0.3) is 5.91 Å². The second kappa shape index (κ2) is 6.15. The van der Waals surface area contributed by atoms with E-state index in [1.165, 1.54) is 0 Å². The first-order valence-electron chi connectivity index (χ1n) is 7.25. The number of β-amino-alcohol motifs (C(OH)–C–C–N with tert-alkyl or cyclic N) is 1. The van der Waals surface area contributed by atoms with Crippen molar-refractivity contribution in [3.63, 3.8) is 0 Å². The van der Waals surface area contributed by atoms with Crippen molar-refractivity contribution in [3.05, 3.63) is 48.2 Å². The van der Waals surface area contributed by atoms with Crippen LogP contribution in [-0.4, -0.2) is 47.2 Å². The molecule has 0 saturated carbocycles. The lowest BCUT2D eigenvalue weighted by molar-refractivity contribution is 0.0765. The maximum absolute atomic E-state index is 12.3. The molecule has 1 aliphatic rings. The van der Waals surface area contributed by atoms with Crippen molar-refractivity contribution in [2.75, 3.05) is 20.2 Å². The summed E-state index contributed by atoms with van der Waals surface area (Å²) in [5, 5.41) is 9.52. The normalized spacial score (nSPS) is 17.5. The Hall–Kier alpha value is -2.40. The number of carbonyl (C=O) groups excluding carboxylic acids is 1. The first-order valence-corrected chi connectivity index (χ1v) is 7.25. The van der Waals surface area contributed by atoms with Gasteiger partial charge in [0.2, 0.25) is 5.88 Å². The average Bonchev–Trinajstić information content (AvgIpc) is 3.01. The van der Waals surface area contributed by atoms with Gasteiger partial charge in [-0.15, -0.1) is 0 Å². The molecular weight excluding hydrogens is 280 g/mol. The van der Waals surface area contributed by atoms with E-state index in [-0.39, 0.29) is 5.91 Å². The van der Waals surface area contributed by atoms with Gasteiger partial charge in [-0.2, -0.15) is 0 Å². The van der Waals surface area contributed by atoms with Gasteiger partial charge >= 0.3 is 0 Å². The Morgan fingerprint density at radius 1 is 1.23 bits per heavy atom. The predicted molar refractivity (Wildman–Crippen MR) is 82.8 cm³/mol. The van der Waals surface area contributed by atoms with Crippen molar-refractivity contribution in [1.82, 2.24) is 9.88 Å². The number of nitrogens with zero attached hydrogens (tertiary/aromatic N) is 2. The van der Waals surface area contributed by atoms with E-state index >= 15 is 0 Å². The molecule has 22 heavy (non-hydrogen) atoms. The topological polar surface area (TPSA) is 62.7 Å². The zero-order chi connectivity index (χ0) is 15.5. The maximum atomic E-state index is 12.3. The van der Waals surface area contributed by atoms with Gasteiger partial charge in [0.05, 0.1) is 13.2 Å². The molecule has 1 unspecified atom stereocenters. The molecule has 0 bridgehead atoms. The molecule has 0 aliphatic carbocycles. The van der Waals surface area contributed by atoms with Crippen LogP contribution in [0.4, 0.5) is 0 Å². The molecular formula is C17H18N2O3. The van der Waals surface area contributed by atoms with Crippen LogP contribution in [0.25, 0.3) is 11.1 Å². The highest BCUT2D eigenvalue weighted by atomic mass is 16.5. The number of pyridine rings is 1. The Balaban J connectivity index is 1.75. The molecule has 0 spiro atoms. The van der Waals surface area contributed by atoms with E-state index in [9.17, 15) is 9.90 Å². The van der Waals surface area contributed by atoms with Crippen LogP contribution in [0.3, 0.4) is 0 Å². The fourth-order valence-corrected chi connectivity index (χ4v) is 2.59. The minimum atomic E-state index is -0.395. The molecule has 1 atom stereocenters. The second-order valence-corrected chi connectivity index (χ2v) is 5.36. The number of hydrogen-bond acceptors (Lipinski definition) is 4. The van der Waals surface area contributed by atoms with Crippen LogP contribution in [0.1, 0.15) is 16.8 Å². The first kappa shape index (κ1) is 14.5. The number of carbonyl (C=O) groups is 1. The van der Waals surface area contributed by atoms with Crippen molar-refractivity contribution < 1.29 is 14.6 Å². The number of rotatable bonds is 3. The molecule has 1 fully saturated rings. The summed E-state index contributed by atoms with van der Waals surface area (Å²) in [5.74, 6) is 0.541. The van der Waals surface area contributed by atoms with Crippen molar-refractivity contribution in [3.8, 4) is 17.0 Å². The van der Waals surface area contributed by atoms with E-state index in [0.29, 0.717) is 31.0 Å². The molecule has 5 nitrogen and oxygen atoms in total. The Labute approximate surface area is 129 Å². The molecule has 1 aromatic carbocycles. The van der Waals surface area contributed by atoms with Gasteiger partial charge < -0.3 is 14.7 Å². The summed E-state index contributed by atoms with van der Waals surface area (Å²) in [6, 6.07) is 11.2. The molecule has 3 rings (SSSR count). The van der Waals surface area contributed by atoms with Crippen molar-refractivity contribution >= 4 is 5.91 Å². The number of methoxy groups -OCH3 is 1. The second-order valence-electron chi connectivity index (χ2n) is 5.36. The standard InChI is InChI=1S/C17H18N2O3/c1-22-16-7-6-14(10-18-16)12-2-4-13(5-3-12)17(21)19-9-8-15(20)11-19/h2-7,10,15,20H,8-9,11H2,1H3. The van der Waals surface area contributed by atoms with Crippen LogP contribution < -0.4 is 4.74 Å². The van der Waals surface area contributed by atoms with Gasteiger partial charge in [0.15, 0.2) is 0 Å². The zero-order valence-corrected chi connectivity index (χ0v) is 12.4. The minimum absolute atomic E-state index is 0.0315. The Bertz CT molecular complexity index is 653. The van der Waals surface area contributed by atoms with E-state index in [1.54, 1.807) is 24.3 Å². The third kappa shape index (κ3) is 2.94. The highest BCUT2D eigenvalue weighted by Crippen LogP contribution is 2.22. The lowest BCUT2D eigenvalue weighted by Crippen LogP contribution is -2.29.